The van der Waals surface area contributed by atoms with Crippen LogP contribution in [0.2, 0.25) is 0 Å². The summed E-state index contributed by atoms with van der Waals surface area (Å²) < 4.78 is 48.5. The highest BCUT2D eigenvalue weighted by Crippen LogP contribution is 2.14. The van der Waals surface area contributed by atoms with Crippen LogP contribution in [0.5, 0.6) is 0 Å². The Balaban J connectivity index is 3.09. The van der Waals surface area contributed by atoms with Crippen molar-refractivity contribution in [2.24, 2.45) is 0 Å². The van der Waals surface area contributed by atoms with Gasteiger partial charge in [0.05, 0.1) is 0 Å². The van der Waals surface area contributed by atoms with Crippen LogP contribution in [-0.4, -0.2) is 25.2 Å². The van der Waals surface area contributed by atoms with Gasteiger partial charge in [0.25, 0.3) is 0 Å². The summed E-state index contributed by atoms with van der Waals surface area (Å²) in [5.41, 5.74) is -0.145. The number of carbonyl (C=O) groups is 1. The minimum atomic E-state index is -3.53. The summed E-state index contributed by atoms with van der Waals surface area (Å²) in [6.45, 7) is 2.66. The Labute approximate surface area is 98.4 Å². The minimum Gasteiger partial charge on any atom is -0.293 e. The molecule has 0 aliphatic heterocycles. The second kappa shape index (κ2) is 4.91. The van der Waals surface area contributed by atoms with Gasteiger partial charge < -0.3 is 0 Å². The van der Waals surface area contributed by atoms with E-state index in [1.165, 1.54) is 13.8 Å². The minimum absolute atomic E-state index is 0.145. The lowest BCUT2D eigenvalue weighted by atomic mass is 10.1. The second-order valence-corrected chi connectivity index (χ2v) is 6.20. The number of ketones is 1. The van der Waals surface area contributed by atoms with Gasteiger partial charge in [-0.15, -0.1) is 0 Å². The standard InChI is InChI=1S/C11H12F2O3S/c1-3-17(15,16)7(2)11(14)8-4-5-9(12)10(13)6-8/h4-7H,3H2,1-2H3. The molecular weight excluding hydrogens is 250 g/mol. The molecule has 6 heteroatoms. The predicted octanol–water partition coefficient (Wildman–Crippen LogP) is 1.97. The summed E-state index contributed by atoms with van der Waals surface area (Å²) in [5.74, 6) is -3.15. The van der Waals surface area contributed by atoms with Crippen molar-refractivity contribution < 1.29 is 22.0 Å². The van der Waals surface area contributed by atoms with Crippen molar-refractivity contribution in [1.82, 2.24) is 0 Å². The molecule has 0 N–H and O–H groups in total. The lowest BCUT2D eigenvalue weighted by molar-refractivity contribution is 0.0991. The zero-order valence-electron chi connectivity index (χ0n) is 9.41. The largest absolute Gasteiger partial charge is 0.293 e. The van der Waals surface area contributed by atoms with Crippen molar-refractivity contribution in [1.29, 1.82) is 0 Å². The Morgan fingerprint density at radius 3 is 2.35 bits per heavy atom. The third-order valence-corrected chi connectivity index (χ3v) is 4.61. The first-order valence-electron chi connectivity index (χ1n) is 5.00. The van der Waals surface area contributed by atoms with Gasteiger partial charge in [0.15, 0.2) is 27.3 Å². The highest BCUT2D eigenvalue weighted by atomic mass is 32.2. The SMILES string of the molecule is CCS(=O)(=O)C(C)C(=O)c1ccc(F)c(F)c1. The van der Waals surface area contributed by atoms with Crippen LogP contribution in [0.4, 0.5) is 8.78 Å². The van der Waals surface area contributed by atoms with Crippen LogP contribution in [0.15, 0.2) is 18.2 Å². The van der Waals surface area contributed by atoms with Crippen molar-refractivity contribution in [2.75, 3.05) is 5.75 Å². The molecule has 1 aromatic rings. The third-order valence-electron chi connectivity index (χ3n) is 2.51. The van der Waals surface area contributed by atoms with E-state index in [0.717, 1.165) is 12.1 Å². The van der Waals surface area contributed by atoms with Crippen molar-refractivity contribution in [2.45, 2.75) is 19.1 Å². The van der Waals surface area contributed by atoms with Crippen LogP contribution < -0.4 is 0 Å². The van der Waals surface area contributed by atoms with E-state index < -0.39 is 32.5 Å². The Bertz CT molecular complexity index is 538. The Kier molecular flexibility index (Phi) is 3.98. The molecule has 0 amide bonds. The van der Waals surface area contributed by atoms with Gasteiger partial charge in [-0.2, -0.15) is 0 Å². The van der Waals surface area contributed by atoms with Crippen molar-refractivity contribution in [3.63, 3.8) is 0 Å². The lowest BCUT2D eigenvalue weighted by Gasteiger charge is -2.10. The van der Waals surface area contributed by atoms with E-state index in [4.69, 9.17) is 0 Å². The molecule has 94 valence electrons. The smallest absolute Gasteiger partial charge is 0.180 e. The van der Waals surface area contributed by atoms with E-state index in [1.807, 2.05) is 0 Å². The van der Waals surface area contributed by atoms with Gasteiger partial charge in [-0.05, 0) is 25.1 Å². The molecular formula is C11H12F2O3S. The van der Waals surface area contributed by atoms with E-state index in [9.17, 15) is 22.0 Å². The van der Waals surface area contributed by atoms with Crippen molar-refractivity contribution in [3.05, 3.63) is 35.4 Å². The number of halogens is 2. The number of hydrogen-bond donors (Lipinski definition) is 0. The topological polar surface area (TPSA) is 51.2 Å². The lowest BCUT2D eigenvalue weighted by Crippen LogP contribution is -2.28. The fraction of sp³-hybridized carbons (Fsp3) is 0.364. The van der Waals surface area contributed by atoms with Gasteiger partial charge in [0.1, 0.15) is 5.25 Å². The summed E-state index contributed by atoms with van der Waals surface area (Å²) >= 11 is 0. The number of hydrogen-bond acceptors (Lipinski definition) is 3. The fourth-order valence-electron chi connectivity index (χ4n) is 1.30. The maximum Gasteiger partial charge on any atom is 0.180 e. The monoisotopic (exact) mass is 262 g/mol. The predicted molar refractivity (Wildman–Crippen MR) is 59.6 cm³/mol. The first-order valence-corrected chi connectivity index (χ1v) is 6.72. The maximum atomic E-state index is 12.9. The van der Waals surface area contributed by atoms with Gasteiger partial charge in [-0.1, -0.05) is 6.92 Å². The summed E-state index contributed by atoms with van der Waals surface area (Å²) in [6, 6.07) is 2.58. The third kappa shape index (κ3) is 2.88. The maximum absolute atomic E-state index is 12.9. The molecule has 1 rings (SSSR count). The van der Waals surface area contributed by atoms with Gasteiger partial charge in [-0.25, -0.2) is 17.2 Å². The molecule has 1 aromatic carbocycles. The Morgan fingerprint density at radius 1 is 1.29 bits per heavy atom. The van der Waals surface area contributed by atoms with Gasteiger partial charge in [0, 0.05) is 11.3 Å². The van der Waals surface area contributed by atoms with Gasteiger partial charge >= 0.3 is 0 Å². The Hall–Kier alpha value is -1.30. The number of benzene rings is 1. The molecule has 0 saturated carbocycles. The fourth-order valence-corrected chi connectivity index (χ4v) is 2.26. The molecule has 0 heterocycles. The molecule has 0 aromatic heterocycles. The molecule has 1 unspecified atom stereocenters. The molecule has 0 saturated heterocycles. The summed E-state index contributed by atoms with van der Waals surface area (Å²) in [6.07, 6.45) is 0. The van der Waals surface area contributed by atoms with Crippen LogP contribution in [-0.2, 0) is 9.84 Å². The number of Topliss-reactive ketones (excluding diaryl/α,β-unsaturated/α-hetero) is 1. The molecule has 0 aliphatic rings. The summed E-state index contributed by atoms with van der Waals surface area (Å²) in [4.78, 5) is 11.7. The summed E-state index contributed by atoms with van der Waals surface area (Å²) in [7, 11) is -3.53. The van der Waals surface area contributed by atoms with E-state index >= 15 is 0 Å². The molecule has 0 bridgehead atoms. The van der Waals surface area contributed by atoms with Crippen molar-refractivity contribution in [3.8, 4) is 0 Å². The van der Waals surface area contributed by atoms with Crippen LogP contribution in [0.1, 0.15) is 24.2 Å². The van der Waals surface area contributed by atoms with Crippen LogP contribution in [0.25, 0.3) is 0 Å². The zero-order valence-corrected chi connectivity index (χ0v) is 10.2. The van der Waals surface area contributed by atoms with E-state index in [-0.39, 0.29) is 11.3 Å². The Morgan fingerprint density at radius 2 is 1.88 bits per heavy atom. The average molecular weight is 262 g/mol. The number of carbonyl (C=O) groups excluding carboxylic acids is 1. The molecule has 0 fully saturated rings. The number of sulfone groups is 1. The van der Waals surface area contributed by atoms with E-state index in [2.05, 4.69) is 0 Å². The van der Waals surface area contributed by atoms with Crippen LogP contribution in [0.3, 0.4) is 0 Å². The highest BCUT2D eigenvalue weighted by molar-refractivity contribution is 7.92. The van der Waals surface area contributed by atoms with Crippen LogP contribution in [0, 0.1) is 11.6 Å². The molecule has 3 nitrogen and oxygen atoms in total. The molecule has 0 spiro atoms. The second-order valence-electron chi connectivity index (χ2n) is 3.59. The van der Waals surface area contributed by atoms with E-state index in [1.54, 1.807) is 0 Å². The number of rotatable bonds is 4. The van der Waals surface area contributed by atoms with Crippen LogP contribution >= 0.6 is 0 Å². The van der Waals surface area contributed by atoms with E-state index in [0.29, 0.717) is 6.07 Å². The van der Waals surface area contributed by atoms with Gasteiger partial charge in [0.2, 0.25) is 0 Å². The molecule has 0 aliphatic carbocycles. The normalized spacial score (nSPS) is 13.4. The molecule has 1 atom stereocenters. The first-order chi connectivity index (χ1) is 7.79. The quantitative estimate of drug-likeness (QED) is 0.779. The first kappa shape index (κ1) is 13.8. The van der Waals surface area contributed by atoms with Crippen molar-refractivity contribution >= 4 is 15.6 Å². The average Bonchev–Trinajstić information content (AvgIpc) is 2.30. The zero-order chi connectivity index (χ0) is 13.2. The molecule has 0 radical (unpaired) electrons. The molecule has 17 heavy (non-hydrogen) atoms. The highest BCUT2D eigenvalue weighted by Gasteiger charge is 2.27. The summed E-state index contributed by atoms with van der Waals surface area (Å²) in [5, 5.41) is -1.25. The van der Waals surface area contributed by atoms with Gasteiger partial charge in [-0.3, -0.25) is 4.79 Å².